The van der Waals surface area contributed by atoms with E-state index in [4.69, 9.17) is 0 Å². The van der Waals surface area contributed by atoms with Crippen molar-refractivity contribution in [1.82, 2.24) is 23.8 Å². The van der Waals surface area contributed by atoms with Crippen molar-refractivity contribution in [1.29, 1.82) is 0 Å². The zero-order valence-corrected chi connectivity index (χ0v) is 13.6. The fourth-order valence-electron chi connectivity index (χ4n) is 3.34. The molecule has 9 heteroatoms. The average molecular weight is 334 g/mol. The number of imidazole rings is 1. The highest BCUT2D eigenvalue weighted by Crippen LogP contribution is 2.42. The molecular formula is C14H18N6O2S. The fourth-order valence-corrected chi connectivity index (χ4v) is 4.98. The maximum Gasteiger partial charge on any atom is 0.262 e. The van der Waals surface area contributed by atoms with E-state index in [0.717, 1.165) is 25.5 Å². The lowest BCUT2D eigenvalue weighted by molar-refractivity contribution is 0.0933. The first kappa shape index (κ1) is 14.6. The van der Waals surface area contributed by atoms with Gasteiger partial charge >= 0.3 is 0 Å². The molecule has 2 saturated heterocycles. The second-order valence-corrected chi connectivity index (χ2v) is 8.26. The van der Waals surface area contributed by atoms with Crippen LogP contribution in [0.4, 0.5) is 5.95 Å². The van der Waals surface area contributed by atoms with Gasteiger partial charge in [0.15, 0.2) is 5.03 Å². The molecule has 2 aliphatic heterocycles. The van der Waals surface area contributed by atoms with Gasteiger partial charge in [0.05, 0.1) is 6.33 Å². The van der Waals surface area contributed by atoms with Crippen LogP contribution in [-0.2, 0) is 17.1 Å². The molecule has 0 amide bonds. The van der Waals surface area contributed by atoms with E-state index >= 15 is 0 Å². The van der Waals surface area contributed by atoms with E-state index in [1.54, 1.807) is 36.3 Å². The van der Waals surface area contributed by atoms with Crippen LogP contribution in [0.2, 0.25) is 0 Å². The second-order valence-electron chi connectivity index (χ2n) is 6.37. The summed E-state index contributed by atoms with van der Waals surface area (Å²) in [7, 11) is -1.71. The number of rotatable bonds is 3. The van der Waals surface area contributed by atoms with E-state index < -0.39 is 10.0 Å². The van der Waals surface area contributed by atoms with Crippen molar-refractivity contribution in [3.63, 3.8) is 0 Å². The van der Waals surface area contributed by atoms with Crippen molar-refractivity contribution in [2.75, 3.05) is 31.1 Å². The van der Waals surface area contributed by atoms with Gasteiger partial charge < -0.3 is 9.47 Å². The highest BCUT2D eigenvalue weighted by Gasteiger charge is 2.52. The highest BCUT2D eigenvalue weighted by molar-refractivity contribution is 7.89. The van der Waals surface area contributed by atoms with Crippen LogP contribution in [0.15, 0.2) is 36.0 Å². The Kier molecular flexibility index (Phi) is 3.17. The number of hydrogen-bond acceptors (Lipinski definition) is 6. The number of nitrogens with zero attached hydrogens (tertiary/aromatic N) is 6. The van der Waals surface area contributed by atoms with Gasteiger partial charge in [-0.2, -0.15) is 4.31 Å². The lowest BCUT2D eigenvalue weighted by Crippen LogP contribution is -2.59. The molecule has 0 unspecified atom stereocenters. The molecule has 2 fully saturated rings. The van der Waals surface area contributed by atoms with Crippen molar-refractivity contribution < 1.29 is 8.42 Å². The van der Waals surface area contributed by atoms with Crippen LogP contribution in [0.25, 0.3) is 0 Å². The average Bonchev–Trinajstić information content (AvgIpc) is 3.13. The molecule has 0 N–H and O–H groups in total. The predicted molar refractivity (Wildman–Crippen MR) is 83.3 cm³/mol. The number of aromatic nitrogens is 4. The summed E-state index contributed by atoms with van der Waals surface area (Å²) in [6.07, 6.45) is 7.46. The molecule has 23 heavy (non-hydrogen) atoms. The van der Waals surface area contributed by atoms with Crippen molar-refractivity contribution in [3.05, 3.63) is 31.0 Å². The second kappa shape index (κ2) is 5.00. The molecule has 2 aromatic heterocycles. The Morgan fingerprint density at radius 1 is 1.13 bits per heavy atom. The van der Waals surface area contributed by atoms with Crippen LogP contribution in [0.5, 0.6) is 0 Å². The van der Waals surface area contributed by atoms with Gasteiger partial charge in [-0.25, -0.2) is 23.4 Å². The zero-order valence-electron chi connectivity index (χ0n) is 12.8. The van der Waals surface area contributed by atoms with Crippen LogP contribution in [-0.4, -0.2) is 58.4 Å². The molecule has 4 rings (SSSR count). The van der Waals surface area contributed by atoms with Crippen LogP contribution in [0.1, 0.15) is 6.42 Å². The first-order chi connectivity index (χ1) is 11.0. The maximum absolute atomic E-state index is 12.5. The van der Waals surface area contributed by atoms with Gasteiger partial charge in [0.1, 0.15) is 0 Å². The van der Waals surface area contributed by atoms with Gasteiger partial charge in [-0.05, 0) is 12.5 Å². The summed E-state index contributed by atoms with van der Waals surface area (Å²) in [6, 6.07) is 1.79. The third-order valence-electron chi connectivity index (χ3n) is 4.58. The monoisotopic (exact) mass is 334 g/mol. The molecule has 0 aromatic carbocycles. The number of hydrogen-bond donors (Lipinski definition) is 0. The number of aryl methyl sites for hydroxylation is 1. The summed E-state index contributed by atoms with van der Waals surface area (Å²) in [5.41, 5.74) is 0.0149. The topological polar surface area (TPSA) is 84.2 Å². The molecule has 0 aliphatic carbocycles. The molecule has 2 aromatic rings. The van der Waals surface area contributed by atoms with Crippen LogP contribution in [0, 0.1) is 5.41 Å². The fraction of sp³-hybridized carbons (Fsp3) is 0.500. The first-order valence-corrected chi connectivity index (χ1v) is 8.93. The quantitative estimate of drug-likeness (QED) is 0.792. The molecule has 4 heterocycles. The minimum atomic E-state index is -3.48. The minimum Gasteiger partial charge on any atom is -0.340 e. The zero-order chi connectivity index (χ0) is 16.1. The van der Waals surface area contributed by atoms with E-state index in [2.05, 4.69) is 19.9 Å². The van der Waals surface area contributed by atoms with Crippen molar-refractivity contribution in [3.8, 4) is 0 Å². The summed E-state index contributed by atoms with van der Waals surface area (Å²) in [4.78, 5) is 14.6. The Labute approximate surface area is 134 Å². The summed E-state index contributed by atoms with van der Waals surface area (Å²) >= 11 is 0. The molecular weight excluding hydrogens is 316 g/mol. The third-order valence-corrected chi connectivity index (χ3v) is 6.26. The van der Waals surface area contributed by atoms with E-state index in [1.807, 2.05) is 0 Å². The van der Waals surface area contributed by atoms with Crippen LogP contribution in [0.3, 0.4) is 0 Å². The van der Waals surface area contributed by atoms with Gasteiger partial charge in [-0.15, -0.1) is 0 Å². The SMILES string of the molecule is Cn1cnc(S(=O)(=O)N2CC3(CCN(c4ncccn4)C3)C2)c1. The predicted octanol–water partition coefficient (Wildman–Crippen LogP) is 0.111. The third kappa shape index (κ3) is 2.40. The van der Waals surface area contributed by atoms with Crippen molar-refractivity contribution in [2.45, 2.75) is 11.4 Å². The Hall–Kier alpha value is -2.00. The lowest BCUT2D eigenvalue weighted by atomic mass is 9.81. The lowest BCUT2D eigenvalue weighted by Gasteiger charge is -2.46. The largest absolute Gasteiger partial charge is 0.340 e. The Morgan fingerprint density at radius 3 is 2.52 bits per heavy atom. The minimum absolute atomic E-state index is 0.0149. The molecule has 0 saturated carbocycles. The molecule has 2 aliphatic rings. The summed E-state index contributed by atoms with van der Waals surface area (Å²) in [5, 5.41) is 0.121. The Balaban J connectivity index is 1.46. The van der Waals surface area contributed by atoms with Crippen molar-refractivity contribution in [2.24, 2.45) is 12.5 Å². The standard InChI is InChI=1S/C14H18N6O2S/c1-18-7-12(17-11-18)23(21,22)20-9-14(10-20)3-6-19(8-14)13-15-4-2-5-16-13/h2,4-5,7,11H,3,6,8-10H2,1H3. The molecule has 0 radical (unpaired) electrons. The first-order valence-electron chi connectivity index (χ1n) is 7.49. The molecule has 122 valence electrons. The summed E-state index contributed by atoms with van der Waals surface area (Å²) in [5.74, 6) is 0.718. The van der Waals surface area contributed by atoms with E-state index in [0.29, 0.717) is 13.1 Å². The summed E-state index contributed by atoms with van der Waals surface area (Å²) < 4.78 is 28.2. The van der Waals surface area contributed by atoms with Gasteiger partial charge in [0, 0.05) is 57.2 Å². The molecule has 0 atom stereocenters. The Bertz CT molecular complexity index is 813. The molecule has 1 spiro atoms. The molecule has 0 bridgehead atoms. The highest BCUT2D eigenvalue weighted by atomic mass is 32.2. The van der Waals surface area contributed by atoms with Gasteiger partial charge in [-0.1, -0.05) is 0 Å². The van der Waals surface area contributed by atoms with E-state index in [9.17, 15) is 8.42 Å². The van der Waals surface area contributed by atoms with Gasteiger partial charge in [0.2, 0.25) is 5.95 Å². The smallest absolute Gasteiger partial charge is 0.262 e. The number of sulfonamides is 1. The van der Waals surface area contributed by atoms with Crippen LogP contribution >= 0.6 is 0 Å². The van der Waals surface area contributed by atoms with Crippen molar-refractivity contribution >= 4 is 16.0 Å². The van der Waals surface area contributed by atoms with Gasteiger partial charge in [0.25, 0.3) is 10.0 Å². The van der Waals surface area contributed by atoms with E-state index in [1.165, 1.54) is 10.6 Å². The number of anilines is 1. The normalized spacial score (nSPS) is 20.8. The van der Waals surface area contributed by atoms with Crippen LogP contribution < -0.4 is 4.90 Å². The summed E-state index contributed by atoms with van der Waals surface area (Å²) in [6.45, 7) is 2.73. The molecule has 8 nitrogen and oxygen atoms in total. The maximum atomic E-state index is 12.5. The van der Waals surface area contributed by atoms with Gasteiger partial charge in [-0.3, -0.25) is 0 Å². The van der Waals surface area contributed by atoms with E-state index in [-0.39, 0.29) is 10.4 Å². The Morgan fingerprint density at radius 2 is 1.87 bits per heavy atom.